The Labute approximate surface area is 160 Å². The van der Waals surface area contributed by atoms with Gasteiger partial charge in [0.25, 0.3) is 0 Å². The first kappa shape index (κ1) is 18.6. The summed E-state index contributed by atoms with van der Waals surface area (Å²) in [5, 5.41) is 0.375. The molecule has 2 heterocycles. The molecule has 1 fully saturated rings. The molecule has 0 atom stereocenters. The molecule has 1 aromatic heterocycles. The molecule has 25 heavy (non-hydrogen) atoms. The number of benzene rings is 1. The maximum Gasteiger partial charge on any atom is 0.179 e. The first-order chi connectivity index (χ1) is 11.9. The molecule has 0 radical (unpaired) electrons. The van der Waals surface area contributed by atoms with E-state index in [9.17, 15) is 8.42 Å². The molecule has 0 amide bonds. The number of hydrogen-bond acceptors (Lipinski definition) is 6. The van der Waals surface area contributed by atoms with E-state index in [1.54, 1.807) is 30.5 Å². The average Bonchev–Trinajstić information content (AvgIpc) is 2.61. The molecule has 0 spiro atoms. The lowest BCUT2D eigenvalue weighted by atomic mass is 10.3. The molecule has 1 aliphatic heterocycles. The maximum atomic E-state index is 12.4. The Bertz CT molecular complexity index is 824. The summed E-state index contributed by atoms with van der Waals surface area (Å²) < 4.78 is 25.7. The molecule has 0 aliphatic carbocycles. The highest BCUT2D eigenvalue weighted by atomic mass is 79.9. The standard InChI is InChI=1S/C16H18BrClN4O2S/c17-13-1-3-14(4-2-13)25(23,24)10-9-21-5-7-22(8-6-21)16-12-19-11-15(18)20-16/h1-4,11-12H,5-10H2. The van der Waals surface area contributed by atoms with Gasteiger partial charge in [0.05, 0.1) is 23.0 Å². The van der Waals surface area contributed by atoms with Crippen LogP contribution in [0.25, 0.3) is 0 Å². The molecule has 0 bridgehead atoms. The van der Waals surface area contributed by atoms with Gasteiger partial charge in [-0.1, -0.05) is 27.5 Å². The van der Waals surface area contributed by atoms with Gasteiger partial charge in [-0.25, -0.2) is 13.4 Å². The van der Waals surface area contributed by atoms with Crippen LogP contribution in [-0.4, -0.2) is 61.8 Å². The molecule has 9 heteroatoms. The monoisotopic (exact) mass is 444 g/mol. The van der Waals surface area contributed by atoms with Crippen LogP contribution in [0.1, 0.15) is 0 Å². The van der Waals surface area contributed by atoms with E-state index in [0.29, 0.717) is 16.6 Å². The van der Waals surface area contributed by atoms with Gasteiger partial charge in [-0.2, -0.15) is 0 Å². The van der Waals surface area contributed by atoms with Gasteiger partial charge in [-0.3, -0.25) is 9.88 Å². The molecule has 3 rings (SSSR count). The third kappa shape index (κ3) is 4.91. The molecule has 6 nitrogen and oxygen atoms in total. The minimum atomic E-state index is -3.26. The molecule has 134 valence electrons. The van der Waals surface area contributed by atoms with Crippen molar-refractivity contribution in [1.29, 1.82) is 0 Å². The van der Waals surface area contributed by atoms with Crippen molar-refractivity contribution in [2.75, 3.05) is 43.4 Å². The van der Waals surface area contributed by atoms with Crippen molar-refractivity contribution < 1.29 is 8.42 Å². The Morgan fingerprint density at radius 3 is 2.40 bits per heavy atom. The molecular weight excluding hydrogens is 428 g/mol. The second-order valence-electron chi connectivity index (χ2n) is 5.80. The van der Waals surface area contributed by atoms with E-state index in [1.165, 1.54) is 6.20 Å². The van der Waals surface area contributed by atoms with Crippen LogP contribution in [-0.2, 0) is 9.84 Å². The summed E-state index contributed by atoms with van der Waals surface area (Å²) in [6.07, 6.45) is 3.20. The van der Waals surface area contributed by atoms with Crippen LogP contribution in [0, 0.1) is 0 Å². The van der Waals surface area contributed by atoms with Crippen molar-refractivity contribution in [2.24, 2.45) is 0 Å². The molecular formula is C16H18BrClN4O2S. The molecule has 0 unspecified atom stereocenters. The van der Waals surface area contributed by atoms with Gasteiger partial charge in [0.2, 0.25) is 0 Å². The van der Waals surface area contributed by atoms with Crippen molar-refractivity contribution in [3.05, 3.63) is 46.3 Å². The van der Waals surface area contributed by atoms with Crippen molar-refractivity contribution in [2.45, 2.75) is 4.90 Å². The number of piperazine rings is 1. The van der Waals surface area contributed by atoms with Crippen LogP contribution in [0.15, 0.2) is 46.0 Å². The topological polar surface area (TPSA) is 66.4 Å². The summed E-state index contributed by atoms with van der Waals surface area (Å²) in [6.45, 7) is 3.63. The van der Waals surface area contributed by atoms with Crippen molar-refractivity contribution >= 4 is 43.2 Å². The van der Waals surface area contributed by atoms with Gasteiger partial charge in [-0.15, -0.1) is 0 Å². The smallest absolute Gasteiger partial charge is 0.179 e. The summed E-state index contributed by atoms with van der Waals surface area (Å²) in [6, 6.07) is 6.76. The van der Waals surface area contributed by atoms with Crippen molar-refractivity contribution in [1.82, 2.24) is 14.9 Å². The number of anilines is 1. The average molecular weight is 446 g/mol. The van der Waals surface area contributed by atoms with Gasteiger partial charge in [0, 0.05) is 37.2 Å². The van der Waals surface area contributed by atoms with Crippen LogP contribution in [0.5, 0.6) is 0 Å². The summed E-state index contributed by atoms with van der Waals surface area (Å²) in [7, 11) is -3.26. The molecule has 0 saturated carbocycles. The first-order valence-corrected chi connectivity index (χ1v) is 10.7. The lowest BCUT2D eigenvalue weighted by Gasteiger charge is -2.35. The summed E-state index contributed by atoms with van der Waals surface area (Å²) in [4.78, 5) is 13.0. The van der Waals surface area contributed by atoms with E-state index in [1.807, 2.05) is 0 Å². The summed E-state index contributed by atoms with van der Waals surface area (Å²) in [5.74, 6) is 0.876. The normalized spacial score (nSPS) is 16.2. The number of aromatic nitrogens is 2. The largest absolute Gasteiger partial charge is 0.353 e. The van der Waals surface area contributed by atoms with E-state index >= 15 is 0 Å². The lowest BCUT2D eigenvalue weighted by molar-refractivity contribution is 0.271. The Kier molecular flexibility index (Phi) is 5.93. The number of nitrogens with zero attached hydrogens (tertiary/aromatic N) is 4. The first-order valence-electron chi connectivity index (χ1n) is 7.87. The predicted octanol–water partition coefficient (Wildman–Crippen LogP) is 2.49. The van der Waals surface area contributed by atoms with Gasteiger partial charge < -0.3 is 4.90 Å². The third-order valence-electron chi connectivity index (χ3n) is 4.14. The highest BCUT2D eigenvalue weighted by Gasteiger charge is 2.21. The highest BCUT2D eigenvalue weighted by molar-refractivity contribution is 9.10. The van der Waals surface area contributed by atoms with E-state index in [-0.39, 0.29) is 5.75 Å². The van der Waals surface area contributed by atoms with Crippen LogP contribution in [0.2, 0.25) is 5.15 Å². The fraction of sp³-hybridized carbons (Fsp3) is 0.375. The van der Waals surface area contributed by atoms with E-state index in [2.05, 4.69) is 35.7 Å². The van der Waals surface area contributed by atoms with Gasteiger partial charge in [0.15, 0.2) is 9.84 Å². The molecule has 1 aliphatic rings. The fourth-order valence-electron chi connectivity index (χ4n) is 2.69. The third-order valence-corrected chi connectivity index (χ3v) is 6.56. The number of rotatable bonds is 5. The number of halogens is 2. The molecule has 0 N–H and O–H groups in total. The molecule has 1 aromatic carbocycles. The molecule has 2 aromatic rings. The summed E-state index contributed by atoms with van der Waals surface area (Å²) >= 11 is 9.20. The minimum absolute atomic E-state index is 0.117. The second kappa shape index (κ2) is 7.99. The predicted molar refractivity (Wildman–Crippen MR) is 102 cm³/mol. The zero-order chi connectivity index (χ0) is 17.9. The fourth-order valence-corrected chi connectivity index (χ4v) is 4.39. The van der Waals surface area contributed by atoms with Crippen molar-refractivity contribution in [3.63, 3.8) is 0 Å². The zero-order valence-electron chi connectivity index (χ0n) is 13.5. The lowest BCUT2D eigenvalue weighted by Crippen LogP contribution is -2.48. The van der Waals surface area contributed by atoms with Crippen LogP contribution < -0.4 is 4.90 Å². The Morgan fingerprint density at radius 2 is 1.76 bits per heavy atom. The summed E-state index contributed by atoms with van der Waals surface area (Å²) in [5.41, 5.74) is 0. The Morgan fingerprint density at radius 1 is 1.08 bits per heavy atom. The van der Waals surface area contributed by atoms with Crippen LogP contribution in [0.4, 0.5) is 5.82 Å². The Hall–Kier alpha value is -1.22. The quantitative estimate of drug-likeness (QED) is 0.704. The minimum Gasteiger partial charge on any atom is -0.353 e. The van der Waals surface area contributed by atoms with Gasteiger partial charge in [0.1, 0.15) is 11.0 Å². The Balaban J connectivity index is 1.53. The van der Waals surface area contributed by atoms with Gasteiger partial charge in [-0.05, 0) is 24.3 Å². The van der Waals surface area contributed by atoms with Gasteiger partial charge >= 0.3 is 0 Å². The number of hydrogen-bond donors (Lipinski definition) is 0. The van der Waals surface area contributed by atoms with E-state index < -0.39 is 9.84 Å². The maximum absolute atomic E-state index is 12.4. The second-order valence-corrected chi connectivity index (χ2v) is 9.21. The molecule has 1 saturated heterocycles. The van der Waals surface area contributed by atoms with Crippen LogP contribution >= 0.6 is 27.5 Å². The van der Waals surface area contributed by atoms with E-state index in [0.717, 1.165) is 36.5 Å². The highest BCUT2D eigenvalue weighted by Crippen LogP contribution is 2.17. The zero-order valence-corrected chi connectivity index (χ0v) is 16.6. The SMILES string of the molecule is O=S(=O)(CCN1CCN(c2cncc(Cl)n2)CC1)c1ccc(Br)cc1. The van der Waals surface area contributed by atoms with E-state index in [4.69, 9.17) is 11.6 Å². The van der Waals surface area contributed by atoms with Crippen LogP contribution in [0.3, 0.4) is 0 Å². The number of sulfone groups is 1. The van der Waals surface area contributed by atoms with Crippen molar-refractivity contribution in [3.8, 4) is 0 Å².